The van der Waals surface area contributed by atoms with Gasteiger partial charge in [0.05, 0.1) is 11.9 Å². The number of likely N-dealkylation sites (tertiary alicyclic amines) is 1. The van der Waals surface area contributed by atoms with Gasteiger partial charge in [-0.1, -0.05) is 0 Å². The van der Waals surface area contributed by atoms with Gasteiger partial charge in [-0.25, -0.2) is 4.79 Å². The Morgan fingerprint density at radius 2 is 2.21 bits per heavy atom. The van der Waals surface area contributed by atoms with Crippen LogP contribution in [-0.4, -0.2) is 34.2 Å². The van der Waals surface area contributed by atoms with Crippen molar-refractivity contribution in [2.75, 3.05) is 18.4 Å². The van der Waals surface area contributed by atoms with Crippen molar-refractivity contribution < 1.29 is 4.79 Å². The molecule has 5 heteroatoms. The zero-order valence-corrected chi connectivity index (χ0v) is 7.99. The molecule has 0 unspecified atom stereocenters. The van der Waals surface area contributed by atoms with Gasteiger partial charge in [0.2, 0.25) is 0 Å². The summed E-state index contributed by atoms with van der Waals surface area (Å²) in [6.45, 7) is 1.73. The second-order valence-electron chi connectivity index (χ2n) is 3.46. The Balaban J connectivity index is 1.88. The van der Waals surface area contributed by atoms with E-state index in [4.69, 9.17) is 0 Å². The molecule has 0 spiro atoms. The van der Waals surface area contributed by atoms with Crippen LogP contribution in [0.15, 0.2) is 12.4 Å². The average molecular weight is 194 g/mol. The van der Waals surface area contributed by atoms with Gasteiger partial charge in [-0.15, -0.1) is 0 Å². The quantitative estimate of drug-likeness (QED) is 0.710. The van der Waals surface area contributed by atoms with E-state index in [-0.39, 0.29) is 6.03 Å². The smallest absolute Gasteiger partial charge is 0.321 e. The van der Waals surface area contributed by atoms with Crippen LogP contribution >= 0.6 is 0 Å². The van der Waals surface area contributed by atoms with E-state index >= 15 is 0 Å². The monoisotopic (exact) mass is 194 g/mol. The summed E-state index contributed by atoms with van der Waals surface area (Å²) in [5, 5.41) is 9.20. The molecule has 0 radical (unpaired) electrons. The van der Waals surface area contributed by atoms with Crippen molar-refractivity contribution in [2.45, 2.75) is 19.3 Å². The molecule has 1 saturated heterocycles. The highest BCUT2D eigenvalue weighted by Gasteiger charge is 2.16. The molecule has 2 rings (SSSR count). The first kappa shape index (κ1) is 9.05. The molecule has 1 aromatic heterocycles. The van der Waals surface area contributed by atoms with Gasteiger partial charge in [-0.3, -0.25) is 5.10 Å². The summed E-state index contributed by atoms with van der Waals surface area (Å²) in [7, 11) is 0. The molecule has 14 heavy (non-hydrogen) atoms. The summed E-state index contributed by atoms with van der Waals surface area (Å²) in [4.78, 5) is 13.5. The third-order valence-corrected chi connectivity index (χ3v) is 2.39. The summed E-state index contributed by atoms with van der Waals surface area (Å²) < 4.78 is 0. The SMILES string of the molecule is O=C(Nc1cn[nH]c1)N1CCCCC1. The maximum absolute atomic E-state index is 11.6. The Kier molecular flexibility index (Phi) is 2.67. The van der Waals surface area contributed by atoms with E-state index in [2.05, 4.69) is 15.5 Å². The summed E-state index contributed by atoms with van der Waals surface area (Å²) in [5.41, 5.74) is 0.723. The van der Waals surface area contributed by atoms with Crippen LogP contribution in [0.4, 0.5) is 10.5 Å². The van der Waals surface area contributed by atoms with E-state index in [1.54, 1.807) is 12.4 Å². The highest BCUT2D eigenvalue weighted by Crippen LogP contribution is 2.10. The van der Waals surface area contributed by atoms with E-state index in [1.165, 1.54) is 6.42 Å². The van der Waals surface area contributed by atoms with E-state index < -0.39 is 0 Å². The van der Waals surface area contributed by atoms with Crippen LogP contribution in [0.3, 0.4) is 0 Å². The molecule has 0 saturated carbocycles. The first-order valence-electron chi connectivity index (χ1n) is 4.91. The second kappa shape index (κ2) is 4.13. The van der Waals surface area contributed by atoms with Gasteiger partial charge in [0, 0.05) is 19.3 Å². The van der Waals surface area contributed by atoms with Crippen molar-refractivity contribution in [1.82, 2.24) is 15.1 Å². The number of carbonyl (C=O) groups is 1. The van der Waals surface area contributed by atoms with E-state index in [0.29, 0.717) is 0 Å². The Hall–Kier alpha value is -1.52. The molecular formula is C9H14N4O. The zero-order chi connectivity index (χ0) is 9.80. The van der Waals surface area contributed by atoms with Gasteiger partial charge in [-0.05, 0) is 19.3 Å². The number of piperidine rings is 1. The van der Waals surface area contributed by atoms with Gasteiger partial charge < -0.3 is 10.2 Å². The minimum absolute atomic E-state index is 0.0221. The van der Waals surface area contributed by atoms with Crippen LogP contribution in [0.5, 0.6) is 0 Å². The summed E-state index contributed by atoms with van der Waals surface area (Å²) in [6, 6.07) is -0.0221. The molecule has 0 aromatic carbocycles. The largest absolute Gasteiger partial charge is 0.325 e. The minimum Gasteiger partial charge on any atom is -0.325 e. The molecule has 2 heterocycles. The van der Waals surface area contributed by atoms with Crippen LogP contribution in [-0.2, 0) is 0 Å². The maximum atomic E-state index is 11.6. The Labute approximate surface area is 82.5 Å². The third-order valence-electron chi connectivity index (χ3n) is 2.39. The maximum Gasteiger partial charge on any atom is 0.321 e. The van der Waals surface area contributed by atoms with Gasteiger partial charge in [0.25, 0.3) is 0 Å². The van der Waals surface area contributed by atoms with Crippen LogP contribution in [0.1, 0.15) is 19.3 Å². The molecule has 1 aliphatic heterocycles. The molecule has 5 nitrogen and oxygen atoms in total. The molecule has 1 aromatic rings. The summed E-state index contributed by atoms with van der Waals surface area (Å²) in [6.07, 6.45) is 6.72. The van der Waals surface area contributed by atoms with E-state index in [1.807, 2.05) is 4.90 Å². The first-order chi connectivity index (χ1) is 6.86. The number of nitrogens with zero attached hydrogens (tertiary/aromatic N) is 2. The lowest BCUT2D eigenvalue weighted by atomic mass is 10.1. The molecule has 1 aliphatic rings. The molecular weight excluding hydrogens is 180 g/mol. The number of amides is 2. The Morgan fingerprint density at radius 3 is 2.86 bits per heavy atom. The lowest BCUT2D eigenvalue weighted by Crippen LogP contribution is -2.38. The van der Waals surface area contributed by atoms with Crippen LogP contribution in [0, 0.1) is 0 Å². The topological polar surface area (TPSA) is 61.0 Å². The number of nitrogens with one attached hydrogen (secondary N) is 2. The number of aromatic amines is 1. The van der Waals surface area contributed by atoms with Crippen molar-refractivity contribution in [1.29, 1.82) is 0 Å². The number of rotatable bonds is 1. The molecule has 76 valence electrons. The van der Waals surface area contributed by atoms with Crippen molar-refractivity contribution >= 4 is 11.7 Å². The third kappa shape index (κ3) is 2.04. The minimum atomic E-state index is -0.0221. The second-order valence-corrected chi connectivity index (χ2v) is 3.46. The predicted molar refractivity (Wildman–Crippen MR) is 53.0 cm³/mol. The van der Waals surface area contributed by atoms with Crippen LogP contribution in [0.2, 0.25) is 0 Å². The van der Waals surface area contributed by atoms with Gasteiger partial charge in [0.15, 0.2) is 0 Å². The fraction of sp³-hybridized carbons (Fsp3) is 0.556. The van der Waals surface area contributed by atoms with Gasteiger partial charge >= 0.3 is 6.03 Å². The van der Waals surface area contributed by atoms with Crippen molar-refractivity contribution in [3.05, 3.63) is 12.4 Å². The molecule has 0 bridgehead atoms. The highest BCUT2D eigenvalue weighted by molar-refractivity contribution is 5.88. The van der Waals surface area contributed by atoms with Crippen molar-refractivity contribution in [3.63, 3.8) is 0 Å². The summed E-state index contributed by atoms with van der Waals surface area (Å²) in [5.74, 6) is 0. The molecule has 0 aliphatic carbocycles. The van der Waals surface area contributed by atoms with Gasteiger partial charge in [-0.2, -0.15) is 5.10 Å². The molecule has 1 fully saturated rings. The lowest BCUT2D eigenvalue weighted by Gasteiger charge is -2.26. The predicted octanol–water partition coefficient (Wildman–Crippen LogP) is 1.43. The van der Waals surface area contributed by atoms with E-state index in [9.17, 15) is 4.79 Å². The van der Waals surface area contributed by atoms with E-state index in [0.717, 1.165) is 31.6 Å². The first-order valence-corrected chi connectivity index (χ1v) is 4.91. The highest BCUT2D eigenvalue weighted by atomic mass is 16.2. The average Bonchev–Trinajstić information content (AvgIpc) is 2.72. The number of hydrogen-bond acceptors (Lipinski definition) is 2. The fourth-order valence-corrected chi connectivity index (χ4v) is 1.62. The number of anilines is 1. The van der Waals surface area contributed by atoms with Crippen molar-refractivity contribution in [2.24, 2.45) is 0 Å². The Morgan fingerprint density at radius 1 is 1.43 bits per heavy atom. The van der Waals surface area contributed by atoms with Crippen LogP contribution < -0.4 is 5.32 Å². The number of urea groups is 1. The lowest BCUT2D eigenvalue weighted by molar-refractivity contribution is 0.200. The standard InChI is InChI=1S/C9H14N4O/c14-9(12-8-6-10-11-7-8)13-4-2-1-3-5-13/h6-7H,1-5H2,(H,10,11)(H,12,14). The Bertz CT molecular complexity index is 290. The zero-order valence-electron chi connectivity index (χ0n) is 7.99. The molecule has 0 atom stereocenters. The number of hydrogen-bond donors (Lipinski definition) is 2. The van der Waals surface area contributed by atoms with Crippen molar-refractivity contribution in [3.8, 4) is 0 Å². The number of H-pyrrole nitrogens is 1. The normalized spacial score (nSPS) is 16.7. The fourth-order valence-electron chi connectivity index (χ4n) is 1.62. The molecule has 2 amide bonds. The molecule has 2 N–H and O–H groups in total. The summed E-state index contributed by atoms with van der Waals surface area (Å²) >= 11 is 0. The van der Waals surface area contributed by atoms with Gasteiger partial charge in [0.1, 0.15) is 0 Å². The number of aromatic nitrogens is 2. The number of carbonyl (C=O) groups excluding carboxylic acids is 1. The van der Waals surface area contributed by atoms with Crippen LogP contribution in [0.25, 0.3) is 0 Å².